The first-order valence-electron chi connectivity index (χ1n) is 7.88. The maximum Gasteiger partial charge on any atom is 0.355 e. The van der Waals surface area contributed by atoms with E-state index in [1.165, 1.54) is 40.1 Å². The summed E-state index contributed by atoms with van der Waals surface area (Å²) in [6.45, 7) is -0.199. The van der Waals surface area contributed by atoms with Gasteiger partial charge in [0.05, 0.1) is 44.6 Å². The second-order valence-electron chi connectivity index (χ2n) is 5.36. The molecule has 0 aliphatic heterocycles. The number of methoxy groups -OCH3 is 5. The zero-order valence-electron chi connectivity index (χ0n) is 15.9. The van der Waals surface area contributed by atoms with Gasteiger partial charge in [-0.3, -0.25) is 4.79 Å². The molecule has 0 atom stereocenters. The van der Waals surface area contributed by atoms with E-state index in [-0.39, 0.29) is 12.2 Å². The zero-order valence-corrected chi connectivity index (χ0v) is 19.1. The molecule has 0 spiro atoms. The third-order valence-electron chi connectivity index (χ3n) is 4.01. The van der Waals surface area contributed by atoms with E-state index >= 15 is 0 Å². The van der Waals surface area contributed by atoms with Crippen molar-refractivity contribution in [2.24, 2.45) is 0 Å². The highest BCUT2D eigenvalue weighted by molar-refractivity contribution is 9.11. The summed E-state index contributed by atoms with van der Waals surface area (Å²) in [5.74, 6) is 0.121. The second kappa shape index (κ2) is 9.33. The van der Waals surface area contributed by atoms with Crippen LogP contribution in [-0.2, 0) is 20.8 Å². The largest absolute Gasteiger partial charge is 0.493 e. The van der Waals surface area contributed by atoms with E-state index in [1.54, 1.807) is 12.1 Å². The fourth-order valence-electron chi connectivity index (χ4n) is 2.73. The highest BCUT2D eigenvalue weighted by atomic mass is 79.9. The van der Waals surface area contributed by atoms with Gasteiger partial charge in [-0.1, -0.05) is 0 Å². The van der Waals surface area contributed by atoms with E-state index in [2.05, 4.69) is 31.9 Å². The first kappa shape index (κ1) is 22.1. The monoisotopic (exact) mass is 519 g/mol. The number of aromatic nitrogens is 1. The number of hydrogen-bond donors (Lipinski definition) is 0. The summed E-state index contributed by atoms with van der Waals surface area (Å²) >= 11 is 6.94. The van der Waals surface area contributed by atoms with Gasteiger partial charge in [0.1, 0.15) is 12.2 Å². The third-order valence-corrected chi connectivity index (χ3v) is 5.60. The fourth-order valence-corrected chi connectivity index (χ4v) is 4.48. The molecule has 8 nitrogen and oxygen atoms in total. The Labute approximate surface area is 178 Å². The Morgan fingerprint density at radius 3 is 2.07 bits per heavy atom. The van der Waals surface area contributed by atoms with Crippen LogP contribution in [0.5, 0.6) is 17.2 Å². The molecule has 0 aliphatic carbocycles. The van der Waals surface area contributed by atoms with Crippen molar-refractivity contribution in [1.29, 1.82) is 0 Å². The number of benzene rings is 1. The minimum atomic E-state index is -0.623. The lowest BCUT2D eigenvalue weighted by Crippen LogP contribution is -2.17. The average Bonchev–Trinajstić information content (AvgIpc) is 2.95. The summed E-state index contributed by atoms with van der Waals surface area (Å²) in [7, 11) is 7.04. The molecule has 0 aliphatic rings. The fraction of sp³-hybridized carbons (Fsp3) is 0.333. The number of hydrogen-bond acceptors (Lipinski definition) is 7. The summed E-state index contributed by atoms with van der Waals surface area (Å²) < 4.78 is 28.2. The van der Waals surface area contributed by atoms with Crippen LogP contribution < -0.4 is 14.2 Å². The van der Waals surface area contributed by atoms with Gasteiger partial charge in [-0.05, 0) is 44.0 Å². The van der Waals surface area contributed by atoms with Crippen LogP contribution in [0.2, 0.25) is 0 Å². The summed E-state index contributed by atoms with van der Waals surface area (Å²) in [4.78, 5) is 24.2. The van der Waals surface area contributed by atoms with Crippen LogP contribution in [-0.4, -0.2) is 52.1 Å². The predicted molar refractivity (Wildman–Crippen MR) is 108 cm³/mol. The number of rotatable bonds is 7. The minimum absolute atomic E-state index is 0.145. The van der Waals surface area contributed by atoms with E-state index in [9.17, 15) is 9.59 Å². The Kier molecular flexibility index (Phi) is 7.36. The standard InChI is InChI=1S/C18H19Br2NO7/c1-24-10-7-6-9(15(26-3)16(10)27-4)12-13(19)14(18(23)28-5)21(17(12)20)8-11(22)25-2/h6-7H,8H2,1-5H3. The summed E-state index contributed by atoms with van der Waals surface area (Å²) in [5.41, 5.74) is 1.32. The van der Waals surface area contributed by atoms with Crippen LogP contribution in [0, 0.1) is 0 Å². The van der Waals surface area contributed by atoms with Crippen LogP contribution in [0.4, 0.5) is 0 Å². The number of esters is 2. The number of nitrogens with zero attached hydrogens (tertiary/aromatic N) is 1. The number of ether oxygens (including phenoxy) is 5. The van der Waals surface area contributed by atoms with Crippen molar-refractivity contribution in [3.05, 3.63) is 26.9 Å². The number of carbonyl (C=O) groups is 2. The predicted octanol–water partition coefficient (Wildman–Crippen LogP) is 3.67. The first-order valence-corrected chi connectivity index (χ1v) is 9.46. The van der Waals surface area contributed by atoms with E-state index in [0.717, 1.165) is 0 Å². The molecule has 152 valence electrons. The highest BCUT2D eigenvalue weighted by Crippen LogP contribution is 2.49. The first-order chi connectivity index (χ1) is 13.4. The average molecular weight is 521 g/mol. The molecule has 0 fully saturated rings. The molecule has 0 amide bonds. The number of halogens is 2. The topological polar surface area (TPSA) is 85.2 Å². The van der Waals surface area contributed by atoms with Crippen LogP contribution >= 0.6 is 31.9 Å². The van der Waals surface area contributed by atoms with Gasteiger partial charge in [0.25, 0.3) is 0 Å². The molecule has 1 aromatic heterocycles. The minimum Gasteiger partial charge on any atom is -0.493 e. The Hall–Kier alpha value is -2.20. The molecular weight excluding hydrogens is 502 g/mol. The third kappa shape index (κ3) is 3.83. The van der Waals surface area contributed by atoms with E-state index in [0.29, 0.717) is 37.5 Å². The Morgan fingerprint density at radius 1 is 0.929 bits per heavy atom. The summed E-state index contributed by atoms with van der Waals surface area (Å²) in [6.07, 6.45) is 0. The van der Waals surface area contributed by atoms with Crippen molar-refractivity contribution in [2.45, 2.75) is 6.54 Å². The van der Waals surface area contributed by atoms with Crippen molar-refractivity contribution < 1.29 is 33.3 Å². The molecule has 28 heavy (non-hydrogen) atoms. The van der Waals surface area contributed by atoms with Gasteiger partial charge in [0.2, 0.25) is 5.75 Å². The molecule has 0 unspecified atom stereocenters. The number of carbonyl (C=O) groups excluding carboxylic acids is 2. The maximum absolute atomic E-state index is 12.4. The Balaban J connectivity index is 2.83. The van der Waals surface area contributed by atoms with Gasteiger partial charge in [-0.15, -0.1) is 0 Å². The van der Waals surface area contributed by atoms with Crippen LogP contribution in [0.15, 0.2) is 21.2 Å². The Bertz CT molecular complexity index is 908. The van der Waals surface area contributed by atoms with Gasteiger partial charge >= 0.3 is 11.9 Å². The van der Waals surface area contributed by atoms with Crippen LogP contribution in [0.3, 0.4) is 0 Å². The van der Waals surface area contributed by atoms with Crippen molar-refractivity contribution >= 4 is 43.8 Å². The molecule has 1 aromatic carbocycles. The van der Waals surface area contributed by atoms with E-state index < -0.39 is 11.9 Å². The second-order valence-corrected chi connectivity index (χ2v) is 6.91. The smallest absolute Gasteiger partial charge is 0.355 e. The molecule has 10 heteroatoms. The van der Waals surface area contributed by atoms with Crippen molar-refractivity contribution in [2.75, 3.05) is 35.5 Å². The van der Waals surface area contributed by atoms with Gasteiger partial charge < -0.3 is 28.3 Å². The highest BCUT2D eigenvalue weighted by Gasteiger charge is 2.30. The van der Waals surface area contributed by atoms with Crippen molar-refractivity contribution in [1.82, 2.24) is 4.57 Å². The quantitative estimate of drug-likeness (QED) is 0.515. The lowest BCUT2D eigenvalue weighted by Gasteiger charge is -2.16. The molecule has 0 saturated carbocycles. The lowest BCUT2D eigenvalue weighted by atomic mass is 10.1. The van der Waals surface area contributed by atoms with Gasteiger partial charge in [0, 0.05) is 11.1 Å². The molecule has 0 radical (unpaired) electrons. The SMILES string of the molecule is COC(=O)Cn1c(Br)c(-c2ccc(OC)c(OC)c2OC)c(Br)c1C(=O)OC. The summed E-state index contributed by atoms with van der Waals surface area (Å²) in [6, 6.07) is 3.47. The molecule has 2 aromatic rings. The van der Waals surface area contributed by atoms with E-state index in [4.69, 9.17) is 23.7 Å². The van der Waals surface area contributed by atoms with E-state index in [1.807, 2.05) is 0 Å². The molecule has 0 saturated heterocycles. The normalized spacial score (nSPS) is 10.4. The molecule has 1 heterocycles. The zero-order chi connectivity index (χ0) is 21.0. The molecule has 2 rings (SSSR count). The van der Waals surface area contributed by atoms with Gasteiger partial charge in [-0.25, -0.2) is 4.79 Å². The van der Waals surface area contributed by atoms with Crippen molar-refractivity contribution in [3.63, 3.8) is 0 Å². The molecule has 0 bridgehead atoms. The maximum atomic E-state index is 12.4. The Morgan fingerprint density at radius 2 is 1.57 bits per heavy atom. The van der Waals surface area contributed by atoms with Crippen LogP contribution in [0.1, 0.15) is 10.5 Å². The molecular formula is C18H19Br2NO7. The van der Waals surface area contributed by atoms with Crippen molar-refractivity contribution in [3.8, 4) is 28.4 Å². The van der Waals surface area contributed by atoms with Gasteiger partial charge in [-0.2, -0.15) is 0 Å². The van der Waals surface area contributed by atoms with Gasteiger partial charge in [0.15, 0.2) is 11.5 Å². The lowest BCUT2D eigenvalue weighted by molar-refractivity contribution is -0.141. The molecule has 0 N–H and O–H groups in total. The summed E-state index contributed by atoms with van der Waals surface area (Å²) in [5, 5.41) is 0. The van der Waals surface area contributed by atoms with Crippen LogP contribution in [0.25, 0.3) is 11.1 Å².